The molecule has 3 aromatic rings. The minimum Gasteiger partial charge on any atom is -0.488 e. The summed E-state index contributed by atoms with van der Waals surface area (Å²) < 4.78 is 12.3. The summed E-state index contributed by atoms with van der Waals surface area (Å²) in [5.74, 6) is 0.349. The van der Waals surface area contributed by atoms with Gasteiger partial charge in [0.05, 0.1) is 24.4 Å². The number of alkyl carbamates (subject to hydrolysis) is 1. The van der Waals surface area contributed by atoms with Crippen LogP contribution in [0, 0.1) is 5.92 Å². The number of nitrogens with zero attached hydrogens (tertiary/aromatic N) is 2. The van der Waals surface area contributed by atoms with E-state index in [-0.39, 0.29) is 36.4 Å². The number of pyridine rings is 1. The van der Waals surface area contributed by atoms with Crippen molar-refractivity contribution in [2.24, 2.45) is 5.92 Å². The molecule has 3 amide bonds. The first-order valence-electron chi connectivity index (χ1n) is 16.6. The van der Waals surface area contributed by atoms with Gasteiger partial charge in [0, 0.05) is 34.9 Å². The molecule has 9 heteroatoms. The van der Waals surface area contributed by atoms with Crippen molar-refractivity contribution in [1.82, 2.24) is 20.5 Å². The second kappa shape index (κ2) is 13.5. The normalized spacial score (nSPS) is 26.5. The number of cyclic esters (lactones) is 1. The quantitative estimate of drug-likeness (QED) is 0.315. The topological polar surface area (TPSA) is 110 Å². The van der Waals surface area contributed by atoms with Crippen LogP contribution in [0.5, 0.6) is 5.75 Å². The Kier molecular flexibility index (Phi) is 9.29. The van der Waals surface area contributed by atoms with E-state index in [4.69, 9.17) is 14.5 Å². The first-order chi connectivity index (χ1) is 22.3. The number of aryl methyl sites for hydroxylation is 1. The summed E-state index contributed by atoms with van der Waals surface area (Å²) in [6.45, 7) is 8.40. The number of aromatic nitrogens is 1. The Balaban J connectivity index is 1.37. The number of carbonyl (C=O) groups excluding carboxylic acids is 3. The number of amides is 3. The molecular formula is C37H44N4O5. The predicted molar refractivity (Wildman–Crippen MR) is 177 cm³/mol. The van der Waals surface area contributed by atoms with Gasteiger partial charge in [0.1, 0.15) is 23.9 Å². The van der Waals surface area contributed by atoms with Gasteiger partial charge in [-0.05, 0) is 56.7 Å². The average Bonchev–Trinajstić information content (AvgIpc) is 3.51. The maximum absolute atomic E-state index is 14.2. The van der Waals surface area contributed by atoms with Crippen LogP contribution in [-0.4, -0.2) is 64.7 Å². The summed E-state index contributed by atoms with van der Waals surface area (Å²) in [6.07, 6.45) is 6.32. The smallest absolute Gasteiger partial charge is 0.407 e. The first-order valence-corrected chi connectivity index (χ1v) is 16.6. The lowest BCUT2D eigenvalue weighted by atomic mass is 10.0. The highest BCUT2D eigenvalue weighted by Gasteiger charge is 2.52. The molecule has 1 aliphatic carbocycles. The first kappa shape index (κ1) is 31.6. The number of unbranched alkanes of at least 4 members (excludes halogenated alkanes) is 1. The fourth-order valence-electron chi connectivity index (χ4n) is 6.70. The SMILES string of the molecule is C=C[C@@H]1C[C@@]1(C)NC(=O)[C@@H]1C[C@@H]2CN1C(=O)[C@H](CCCC)NC(=O)OCCCCc1ccc3nc(-c4ccccc4)cc(c3c1)O2. The summed E-state index contributed by atoms with van der Waals surface area (Å²) in [4.78, 5) is 47.4. The summed E-state index contributed by atoms with van der Waals surface area (Å²) in [6, 6.07) is 16.6. The highest BCUT2D eigenvalue weighted by atomic mass is 16.5. The summed E-state index contributed by atoms with van der Waals surface area (Å²) in [7, 11) is 0. The molecule has 5 atom stereocenters. The maximum atomic E-state index is 14.2. The summed E-state index contributed by atoms with van der Waals surface area (Å²) in [5, 5.41) is 6.89. The lowest BCUT2D eigenvalue weighted by molar-refractivity contribution is -0.140. The third-order valence-corrected chi connectivity index (χ3v) is 9.57. The Labute approximate surface area is 270 Å². The molecule has 0 radical (unpaired) electrons. The molecule has 46 heavy (non-hydrogen) atoms. The minimum atomic E-state index is -0.804. The number of fused-ring (bicyclic) bond motifs is 3. The van der Waals surface area contributed by atoms with Gasteiger partial charge in [0.25, 0.3) is 0 Å². The summed E-state index contributed by atoms with van der Waals surface area (Å²) >= 11 is 0. The van der Waals surface area contributed by atoms with Crippen LogP contribution in [0.25, 0.3) is 22.2 Å². The van der Waals surface area contributed by atoms with Gasteiger partial charge in [0.15, 0.2) is 0 Å². The van der Waals surface area contributed by atoms with E-state index in [1.807, 2.05) is 62.4 Å². The second-order valence-corrected chi connectivity index (χ2v) is 13.1. The summed E-state index contributed by atoms with van der Waals surface area (Å²) in [5.41, 5.74) is 3.33. The predicted octanol–water partition coefficient (Wildman–Crippen LogP) is 5.95. The molecule has 1 aromatic heterocycles. The van der Waals surface area contributed by atoms with Crippen LogP contribution in [0.3, 0.4) is 0 Å². The molecule has 2 aromatic carbocycles. The Hall–Kier alpha value is -4.40. The van der Waals surface area contributed by atoms with Gasteiger partial charge >= 0.3 is 6.09 Å². The van der Waals surface area contributed by atoms with Crippen molar-refractivity contribution in [2.45, 2.75) is 88.9 Å². The molecule has 9 nitrogen and oxygen atoms in total. The number of carbonyl (C=O) groups is 3. The molecule has 4 bridgehead atoms. The lowest BCUT2D eigenvalue weighted by Gasteiger charge is -2.29. The fourth-order valence-corrected chi connectivity index (χ4v) is 6.70. The Morgan fingerprint density at radius 3 is 2.76 bits per heavy atom. The van der Waals surface area contributed by atoms with E-state index in [9.17, 15) is 14.4 Å². The van der Waals surface area contributed by atoms with Gasteiger partial charge in [-0.2, -0.15) is 0 Å². The monoisotopic (exact) mass is 624 g/mol. The Morgan fingerprint density at radius 2 is 2.00 bits per heavy atom. The van der Waals surface area contributed by atoms with Crippen LogP contribution in [0.1, 0.15) is 64.4 Å². The van der Waals surface area contributed by atoms with Crippen molar-refractivity contribution in [1.29, 1.82) is 0 Å². The van der Waals surface area contributed by atoms with Gasteiger partial charge in [-0.3, -0.25) is 9.59 Å². The number of hydrogen-bond acceptors (Lipinski definition) is 6. The number of nitrogens with one attached hydrogen (secondary N) is 2. The highest BCUT2D eigenvalue weighted by molar-refractivity contribution is 5.93. The molecule has 242 valence electrons. The van der Waals surface area contributed by atoms with Crippen LogP contribution < -0.4 is 15.4 Å². The largest absolute Gasteiger partial charge is 0.488 e. The van der Waals surface area contributed by atoms with Crippen molar-refractivity contribution in [3.8, 4) is 17.0 Å². The van der Waals surface area contributed by atoms with Gasteiger partial charge < -0.3 is 25.0 Å². The molecule has 1 saturated heterocycles. The average molecular weight is 625 g/mol. The van der Waals surface area contributed by atoms with E-state index >= 15 is 0 Å². The molecule has 0 spiro atoms. The van der Waals surface area contributed by atoms with E-state index in [1.165, 1.54) is 0 Å². The molecule has 3 aliphatic rings. The fraction of sp³-hybridized carbons (Fsp3) is 0.459. The van der Waals surface area contributed by atoms with Crippen LogP contribution in [0.2, 0.25) is 0 Å². The van der Waals surface area contributed by atoms with Gasteiger partial charge in [0.2, 0.25) is 11.8 Å². The molecule has 0 unspecified atom stereocenters. The van der Waals surface area contributed by atoms with Crippen LogP contribution in [0.15, 0.2) is 67.3 Å². The molecule has 2 aliphatic heterocycles. The second-order valence-electron chi connectivity index (χ2n) is 13.1. The third-order valence-electron chi connectivity index (χ3n) is 9.57. The number of benzene rings is 2. The van der Waals surface area contributed by atoms with Crippen molar-refractivity contribution in [3.05, 3.63) is 72.8 Å². The zero-order valence-electron chi connectivity index (χ0n) is 26.8. The van der Waals surface area contributed by atoms with Crippen LogP contribution in [0.4, 0.5) is 4.79 Å². The van der Waals surface area contributed by atoms with Gasteiger partial charge in [-0.25, -0.2) is 9.78 Å². The van der Waals surface area contributed by atoms with Crippen LogP contribution in [-0.2, 0) is 20.7 Å². The van der Waals surface area contributed by atoms with Gasteiger partial charge in [-0.1, -0.05) is 62.2 Å². The van der Waals surface area contributed by atoms with E-state index < -0.39 is 24.3 Å². The minimum absolute atomic E-state index is 0.190. The van der Waals surface area contributed by atoms with Gasteiger partial charge in [-0.15, -0.1) is 6.58 Å². The molecule has 2 fully saturated rings. The van der Waals surface area contributed by atoms with Crippen molar-refractivity contribution in [2.75, 3.05) is 13.2 Å². The van der Waals surface area contributed by atoms with Crippen molar-refractivity contribution < 1.29 is 23.9 Å². The van der Waals surface area contributed by atoms with Crippen molar-refractivity contribution in [3.63, 3.8) is 0 Å². The maximum Gasteiger partial charge on any atom is 0.407 e. The zero-order valence-corrected chi connectivity index (χ0v) is 26.8. The van der Waals surface area contributed by atoms with E-state index in [2.05, 4.69) is 29.3 Å². The zero-order chi connectivity index (χ0) is 32.3. The Bertz CT molecular complexity index is 1610. The molecule has 6 rings (SSSR count). The lowest BCUT2D eigenvalue weighted by Crippen LogP contribution is -2.55. The number of rotatable bonds is 7. The number of hydrogen-bond donors (Lipinski definition) is 2. The third kappa shape index (κ3) is 6.88. The van der Waals surface area contributed by atoms with E-state index in [0.29, 0.717) is 25.0 Å². The van der Waals surface area contributed by atoms with Crippen molar-refractivity contribution >= 4 is 28.8 Å². The van der Waals surface area contributed by atoms with Crippen LogP contribution >= 0.6 is 0 Å². The molecule has 3 heterocycles. The standard InChI is InChI=1S/C37H44N4O5/c1-4-6-15-30-35(43)41-23-27(20-32(41)34(42)40-37(3)22-26(37)5-2)46-33-21-31(25-13-8-7-9-14-25)38-29-17-16-24(19-28(29)33)12-10-11-18-45-36(44)39-30/h5,7-9,13-14,16-17,19,21,26-27,30,32H,2,4,6,10-12,15,18,20,22-23H2,1,3H3,(H,39,44)(H,40,42)/t26-,27-,30+,32+,37-/m1/s1. The van der Waals surface area contributed by atoms with E-state index in [0.717, 1.165) is 59.8 Å². The molecular weight excluding hydrogens is 580 g/mol. The Morgan fingerprint density at radius 1 is 1.17 bits per heavy atom. The molecule has 1 saturated carbocycles. The highest BCUT2D eigenvalue weighted by Crippen LogP contribution is 2.44. The molecule has 2 N–H and O–H groups in total. The van der Waals surface area contributed by atoms with E-state index in [1.54, 1.807) is 4.90 Å². The number of ether oxygens (including phenoxy) is 2.